The quantitative estimate of drug-likeness (QED) is 0.496. The fourth-order valence-electron chi connectivity index (χ4n) is 2.73. The maximum atomic E-state index is 6.63. The Bertz CT molecular complexity index is 752. The third-order valence-corrected chi connectivity index (χ3v) is 4.33. The van der Waals surface area contributed by atoms with Gasteiger partial charge in [-0.1, -0.05) is 60.1 Å². The van der Waals surface area contributed by atoms with Gasteiger partial charge < -0.3 is 0 Å². The summed E-state index contributed by atoms with van der Waals surface area (Å²) in [7, 11) is 0. The minimum atomic E-state index is -0.0757. The van der Waals surface area contributed by atoms with E-state index in [-0.39, 0.29) is 5.38 Å². The van der Waals surface area contributed by atoms with Gasteiger partial charge in [-0.05, 0) is 52.9 Å². The highest BCUT2D eigenvalue weighted by atomic mass is 35.5. The molecule has 0 saturated heterocycles. The van der Waals surface area contributed by atoms with E-state index in [1.807, 2.05) is 19.1 Å². The molecule has 0 saturated carbocycles. The van der Waals surface area contributed by atoms with Crippen LogP contribution in [0.4, 0.5) is 0 Å². The van der Waals surface area contributed by atoms with Crippen molar-refractivity contribution in [3.8, 4) is 0 Å². The molecule has 1 atom stereocenters. The SMILES string of the molecule is Cc1cc(Cl)cc(C(Cl)Cc2cccc3ccccc23)c1. The van der Waals surface area contributed by atoms with Crippen molar-refractivity contribution in [1.82, 2.24) is 0 Å². The number of hydrogen-bond donors (Lipinski definition) is 0. The van der Waals surface area contributed by atoms with Crippen LogP contribution in [-0.2, 0) is 6.42 Å². The van der Waals surface area contributed by atoms with E-state index in [0.29, 0.717) is 0 Å². The fraction of sp³-hybridized carbons (Fsp3) is 0.158. The van der Waals surface area contributed by atoms with Crippen molar-refractivity contribution in [2.45, 2.75) is 18.7 Å². The normalized spacial score (nSPS) is 12.5. The van der Waals surface area contributed by atoms with Crippen molar-refractivity contribution >= 4 is 34.0 Å². The molecule has 0 aromatic heterocycles. The van der Waals surface area contributed by atoms with Gasteiger partial charge in [0.15, 0.2) is 0 Å². The van der Waals surface area contributed by atoms with Gasteiger partial charge in [0.1, 0.15) is 0 Å². The van der Waals surface area contributed by atoms with E-state index in [1.54, 1.807) is 0 Å². The molecule has 0 spiro atoms. The summed E-state index contributed by atoms with van der Waals surface area (Å²) in [6, 6.07) is 20.8. The Morgan fingerprint density at radius 3 is 2.52 bits per heavy atom. The number of rotatable bonds is 3. The van der Waals surface area contributed by atoms with Crippen molar-refractivity contribution < 1.29 is 0 Å². The van der Waals surface area contributed by atoms with Crippen LogP contribution in [-0.4, -0.2) is 0 Å². The first kappa shape index (κ1) is 14.4. The zero-order valence-electron chi connectivity index (χ0n) is 11.8. The second kappa shape index (κ2) is 6.09. The molecule has 3 rings (SSSR count). The number of aryl methyl sites for hydroxylation is 1. The van der Waals surface area contributed by atoms with Gasteiger partial charge in [-0.3, -0.25) is 0 Å². The molecule has 3 aromatic carbocycles. The monoisotopic (exact) mass is 314 g/mol. The summed E-state index contributed by atoms with van der Waals surface area (Å²) in [4.78, 5) is 0. The summed E-state index contributed by atoms with van der Waals surface area (Å²) >= 11 is 12.8. The Balaban J connectivity index is 1.94. The van der Waals surface area contributed by atoms with Gasteiger partial charge in [0.05, 0.1) is 5.38 Å². The molecule has 0 radical (unpaired) electrons. The van der Waals surface area contributed by atoms with Crippen LogP contribution in [0.25, 0.3) is 10.8 Å². The number of alkyl halides is 1. The van der Waals surface area contributed by atoms with E-state index in [4.69, 9.17) is 23.2 Å². The van der Waals surface area contributed by atoms with Crippen LogP contribution in [0.15, 0.2) is 60.7 Å². The summed E-state index contributed by atoms with van der Waals surface area (Å²) in [6.45, 7) is 2.04. The van der Waals surface area contributed by atoms with Crippen LogP contribution in [0.2, 0.25) is 5.02 Å². The second-order valence-electron chi connectivity index (χ2n) is 5.37. The van der Waals surface area contributed by atoms with Crippen molar-refractivity contribution in [3.63, 3.8) is 0 Å². The Morgan fingerprint density at radius 2 is 1.71 bits per heavy atom. The highest BCUT2D eigenvalue weighted by molar-refractivity contribution is 6.31. The minimum absolute atomic E-state index is 0.0757. The molecule has 0 aliphatic rings. The Morgan fingerprint density at radius 1 is 0.952 bits per heavy atom. The van der Waals surface area contributed by atoms with Crippen molar-refractivity contribution in [2.24, 2.45) is 0 Å². The van der Waals surface area contributed by atoms with E-state index >= 15 is 0 Å². The fourth-order valence-corrected chi connectivity index (χ4v) is 3.32. The van der Waals surface area contributed by atoms with Gasteiger partial charge in [0.2, 0.25) is 0 Å². The highest BCUT2D eigenvalue weighted by Crippen LogP contribution is 2.30. The molecular weight excluding hydrogens is 299 g/mol. The van der Waals surface area contributed by atoms with Crippen molar-refractivity contribution in [2.75, 3.05) is 0 Å². The van der Waals surface area contributed by atoms with E-state index in [0.717, 1.165) is 22.6 Å². The Hall–Kier alpha value is -1.50. The van der Waals surface area contributed by atoms with Crippen molar-refractivity contribution in [3.05, 3.63) is 82.4 Å². The first-order valence-corrected chi connectivity index (χ1v) is 7.83. The van der Waals surface area contributed by atoms with Gasteiger partial charge in [-0.25, -0.2) is 0 Å². The van der Waals surface area contributed by atoms with Gasteiger partial charge >= 0.3 is 0 Å². The van der Waals surface area contributed by atoms with Gasteiger partial charge in [0, 0.05) is 5.02 Å². The molecule has 3 aromatic rings. The number of halogens is 2. The topological polar surface area (TPSA) is 0 Å². The lowest BCUT2D eigenvalue weighted by Crippen LogP contribution is -1.97. The summed E-state index contributed by atoms with van der Waals surface area (Å²) in [5, 5.41) is 3.19. The standard InChI is InChI=1S/C19H16Cl2/c1-13-9-16(11-17(20)10-13)19(21)12-15-7-4-6-14-5-2-3-8-18(14)15/h2-11,19H,12H2,1H3. The molecule has 0 amide bonds. The van der Waals surface area contributed by atoms with Crippen LogP contribution in [0, 0.1) is 6.92 Å². The van der Waals surface area contributed by atoms with Gasteiger partial charge in [-0.15, -0.1) is 11.6 Å². The van der Waals surface area contributed by atoms with Gasteiger partial charge in [-0.2, -0.15) is 0 Å². The third-order valence-electron chi connectivity index (χ3n) is 3.71. The van der Waals surface area contributed by atoms with Crippen LogP contribution >= 0.6 is 23.2 Å². The number of fused-ring (bicyclic) bond motifs is 1. The first-order chi connectivity index (χ1) is 10.1. The van der Waals surface area contributed by atoms with E-state index in [2.05, 4.69) is 48.5 Å². The van der Waals surface area contributed by atoms with E-state index in [1.165, 1.54) is 16.3 Å². The molecule has 0 bridgehead atoms. The van der Waals surface area contributed by atoms with Crippen LogP contribution in [0.5, 0.6) is 0 Å². The third kappa shape index (κ3) is 3.23. The Labute approximate surface area is 135 Å². The first-order valence-electron chi connectivity index (χ1n) is 7.01. The maximum Gasteiger partial charge on any atom is 0.0626 e. The lowest BCUT2D eigenvalue weighted by molar-refractivity contribution is 0.925. The highest BCUT2D eigenvalue weighted by Gasteiger charge is 2.12. The average Bonchev–Trinajstić information content (AvgIpc) is 2.46. The summed E-state index contributed by atoms with van der Waals surface area (Å²) < 4.78 is 0. The zero-order chi connectivity index (χ0) is 14.8. The largest absolute Gasteiger partial charge is 0.117 e. The van der Waals surface area contributed by atoms with Crippen LogP contribution in [0.3, 0.4) is 0 Å². The molecule has 106 valence electrons. The summed E-state index contributed by atoms with van der Waals surface area (Å²) in [5.74, 6) is 0. The molecular formula is C19H16Cl2. The number of benzene rings is 3. The Kier molecular flexibility index (Phi) is 4.19. The molecule has 0 heterocycles. The molecule has 0 fully saturated rings. The van der Waals surface area contributed by atoms with Crippen molar-refractivity contribution in [1.29, 1.82) is 0 Å². The summed E-state index contributed by atoms with van der Waals surface area (Å²) in [6.07, 6.45) is 0.794. The molecule has 0 aliphatic heterocycles. The maximum absolute atomic E-state index is 6.63. The molecule has 0 aliphatic carbocycles. The lowest BCUT2D eigenvalue weighted by Gasteiger charge is -2.13. The molecule has 0 N–H and O–H groups in total. The second-order valence-corrected chi connectivity index (χ2v) is 6.34. The van der Waals surface area contributed by atoms with Crippen LogP contribution in [0.1, 0.15) is 22.1 Å². The zero-order valence-corrected chi connectivity index (χ0v) is 13.3. The molecule has 1 unspecified atom stereocenters. The average molecular weight is 315 g/mol. The number of hydrogen-bond acceptors (Lipinski definition) is 0. The smallest absolute Gasteiger partial charge is 0.0626 e. The van der Waals surface area contributed by atoms with Gasteiger partial charge in [0.25, 0.3) is 0 Å². The molecule has 0 nitrogen and oxygen atoms in total. The van der Waals surface area contributed by atoms with E-state index in [9.17, 15) is 0 Å². The van der Waals surface area contributed by atoms with Crippen LogP contribution < -0.4 is 0 Å². The predicted molar refractivity (Wildman–Crippen MR) is 92.4 cm³/mol. The summed E-state index contributed by atoms with van der Waals surface area (Å²) in [5.41, 5.74) is 3.49. The minimum Gasteiger partial charge on any atom is -0.117 e. The van der Waals surface area contributed by atoms with E-state index < -0.39 is 0 Å². The predicted octanol–water partition coefficient (Wildman–Crippen LogP) is 6.32. The molecule has 2 heteroatoms. The molecule has 21 heavy (non-hydrogen) atoms. The lowest BCUT2D eigenvalue weighted by atomic mass is 9.97.